The van der Waals surface area contributed by atoms with Crippen molar-refractivity contribution in [3.05, 3.63) is 60.2 Å². The van der Waals surface area contributed by atoms with Gasteiger partial charge in [0.25, 0.3) is 11.8 Å². The van der Waals surface area contributed by atoms with Crippen LogP contribution in [0.5, 0.6) is 0 Å². The summed E-state index contributed by atoms with van der Waals surface area (Å²) in [6.45, 7) is 0. The summed E-state index contributed by atoms with van der Waals surface area (Å²) >= 11 is 0. The van der Waals surface area contributed by atoms with E-state index in [0.717, 1.165) is 25.7 Å². The van der Waals surface area contributed by atoms with Gasteiger partial charge in [0.15, 0.2) is 0 Å². The molecule has 1 aliphatic rings. The Morgan fingerprint density at radius 1 is 0.808 bits per heavy atom. The van der Waals surface area contributed by atoms with Gasteiger partial charge < -0.3 is 9.80 Å². The van der Waals surface area contributed by atoms with Crippen LogP contribution in [0.4, 0.5) is 0 Å². The predicted molar refractivity (Wildman–Crippen MR) is 98.7 cm³/mol. The largest absolute Gasteiger partial charge is 0.335 e. The number of carbonyl (C=O) groups excluding carboxylic acids is 2. The normalized spacial score (nSPS) is 19.6. The molecule has 26 heavy (non-hydrogen) atoms. The van der Waals surface area contributed by atoms with Crippen molar-refractivity contribution in [3.8, 4) is 0 Å². The zero-order valence-corrected chi connectivity index (χ0v) is 15.2. The highest BCUT2D eigenvalue weighted by molar-refractivity contribution is 5.93. The molecule has 1 fully saturated rings. The average Bonchev–Trinajstić information content (AvgIpc) is 2.73. The van der Waals surface area contributed by atoms with Crippen molar-refractivity contribution in [1.29, 1.82) is 0 Å². The molecule has 1 aliphatic carbocycles. The molecule has 6 nitrogen and oxygen atoms in total. The van der Waals surface area contributed by atoms with E-state index in [2.05, 4.69) is 9.97 Å². The Morgan fingerprint density at radius 2 is 1.23 bits per heavy atom. The standard InChI is InChI=1S/C20H24N4O2/c1-23(19(25)15-9-5-7-13-21-15)17-11-3-4-12-18(17)24(2)20(26)16-10-6-8-14-22-16/h5-10,13-14,17-18H,3-4,11-12H2,1-2H3. The number of pyridine rings is 2. The molecule has 2 heterocycles. The first-order valence-corrected chi connectivity index (χ1v) is 8.96. The first-order chi connectivity index (χ1) is 12.6. The zero-order valence-electron chi connectivity index (χ0n) is 15.2. The number of nitrogens with zero attached hydrogens (tertiary/aromatic N) is 4. The summed E-state index contributed by atoms with van der Waals surface area (Å²) in [5.41, 5.74) is 0.857. The van der Waals surface area contributed by atoms with Gasteiger partial charge in [-0.05, 0) is 37.1 Å². The molecule has 0 N–H and O–H groups in total. The van der Waals surface area contributed by atoms with E-state index in [-0.39, 0.29) is 23.9 Å². The molecule has 2 aromatic heterocycles. The van der Waals surface area contributed by atoms with E-state index in [1.807, 2.05) is 12.1 Å². The zero-order chi connectivity index (χ0) is 18.5. The minimum absolute atomic E-state index is 0.0316. The third-order valence-corrected chi connectivity index (χ3v) is 5.10. The van der Waals surface area contributed by atoms with Crippen LogP contribution in [0.1, 0.15) is 46.7 Å². The van der Waals surface area contributed by atoms with E-state index in [0.29, 0.717) is 11.4 Å². The van der Waals surface area contributed by atoms with E-state index in [9.17, 15) is 9.59 Å². The Kier molecular flexibility index (Phi) is 5.61. The van der Waals surface area contributed by atoms with Crippen molar-refractivity contribution in [1.82, 2.24) is 19.8 Å². The van der Waals surface area contributed by atoms with Gasteiger partial charge in [0, 0.05) is 26.5 Å². The summed E-state index contributed by atoms with van der Waals surface area (Å²) in [6, 6.07) is 10.6. The van der Waals surface area contributed by atoms with Gasteiger partial charge in [-0.3, -0.25) is 19.6 Å². The van der Waals surface area contributed by atoms with Crippen LogP contribution in [0.3, 0.4) is 0 Å². The molecule has 0 radical (unpaired) electrons. The molecule has 1 saturated carbocycles. The number of amides is 2. The second-order valence-electron chi connectivity index (χ2n) is 6.68. The minimum atomic E-state index is -0.110. The maximum atomic E-state index is 12.8. The Hall–Kier alpha value is -2.76. The Bertz CT molecular complexity index is 685. The number of aromatic nitrogens is 2. The maximum absolute atomic E-state index is 12.8. The fourth-order valence-corrected chi connectivity index (χ4v) is 3.64. The maximum Gasteiger partial charge on any atom is 0.272 e. The molecule has 2 amide bonds. The van der Waals surface area contributed by atoms with Crippen molar-refractivity contribution >= 4 is 11.8 Å². The Balaban J connectivity index is 1.79. The van der Waals surface area contributed by atoms with E-state index in [1.165, 1.54) is 0 Å². The molecular weight excluding hydrogens is 328 g/mol. The quantitative estimate of drug-likeness (QED) is 0.848. The van der Waals surface area contributed by atoms with E-state index in [1.54, 1.807) is 60.6 Å². The molecule has 0 aliphatic heterocycles. The number of hydrogen-bond acceptors (Lipinski definition) is 4. The van der Waals surface area contributed by atoms with Crippen molar-refractivity contribution < 1.29 is 9.59 Å². The minimum Gasteiger partial charge on any atom is -0.335 e. The lowest BCUT2D eigenvalue weighted by Gasteiger charge is -2.42. The third kappa shape index (κ3) is 3.74. The molecule has 2 atom stereocenters. The second kappa shape index (κ2) is 8.08. The summed E-state index contributed by atoms with van der Waals surface area (Å²) in [7, 11) is 3.61. The van der Waals surface area contributed by atoms with Gasteiger partial charge in [0.1, 0.15) is 11.4 Å². The van der Waals surface area contributed by atoms with Crippen LogP contribution in [0.25, 0.3) is 0 Å². The summed E-state index contributed by atoms with van der Waals surface area (Å²) < 4.78 is 0. The molecule has 6 heteroatoms. The molecule has 0 aromatic carbocycles. The van der Waals surface area contributed by atoms with Crippen molar-refractivity contribution in [2.75, 3.05) is 14.1 Å². The lowest BCUT2D eigenvalue weighted by Crippen LogP contribution is -2.54. The predicted octanol–water partition coefficient (Wildman–Crippen LogP) is 2.63. The summed E-state index contributed by atoms with van der Waals surface area (Å²) in [6.07, 6.45) is 7.09. The molecule has 0 spiro atoms. The number of hydrogen-bond donors (Lipinski definition) is 0. The van der Waals surface area contributed by atoms with Gasteiger partial charge in [-0.2, -0.15) is 0 Å². The SMILES string of the molecule is CN(C(=O)c1ccccn1)C1CCCCC1N(C)C(=O)c1ccccn1. The first-order valence-electron chi connectivity index (χ1n) is 8.96. The highest BCUT2D eigenvalue weighted by atomic mass is 16.2. The van der Waals surface area contributed by atoms with Gasteiger partial charge in [0.2, 0.25) is 0 Å². The fraction of sp³-hybridized carbons (Fsp3) is 0.400. The van der Waals surface area contributed by atoms with Crippen LogP contribution >= 0.6 is 0 Å². The van der Waals surface area contributed by atoms with Crippen LogP contribution in [0.2, 0.25) is 0 Å². The van der Waals surface area contributed by atoms with E-state index >= 15 is 0 Å². The van der Waals surface area contributed by atoms with Crippen LogP contribution < -0.4 is 0 Å². The van der Waals surface area contributed by atoms with Crippen LogP contribution in [0.15, 0.2) is 48.8 Å². The number of likely N-dealkylation sites (N-methyl/N-ethyl adjacent to an activating group) is 2. The molecule has 0 bridgehead atoms. The third-order valence-electron chi connectivity index (χ3n) is 5.10. The number of carbonyl (C=O) groups is 2. The lowest BCUT2D eigenvalue weighted by atomic mass is 9.88. The van der Waals surface area contributed by atoms with Gasteiger partial charge >= 0.3 is 0 Å². The van der Waals surface area contributed by atoms with Gasteiger partial charge in [-0.1, -0.05) is 25.0 Å². The van der Waals surface area contributed by atoms with Gasteiger partial charge in [-0.25, -0.2) is 0 Å². The van der Waals surface area contributed by atoms with Crippen molar-refractivity contribution in [2.24, 2.45) is 0 Å². The Morgan fingerprint density at radius 3 is 1.58 bits per heavy atom. The van der Waals surface area contributed by atoms with E-state index < -0.39 is 0 Å². The summed E-state index contributed by atoms with van der Waals surface area (Å²) in [5, 5.41) is 0. The molecule has 2 unspecified atom stereocenters. The summed E-state index contributed by atoms with van der Waals surface area (Å²) in [5.74, 6) is -0.220. The second-order valence-corrected chi connectivity index (χ2v) is 6.68. The summed E-state index contributed by atoms with van der Waals surface area (Å²) in [4.78, 5) is 37.4. The van der Waals surface area contributed by atoms with Gasteiger partial charge in [-0.15, -0.1) is 0 Å². The van der Waals surface area contributed by atoms with Crippen LogP contribution in [-0.4, -0.2) is 57.8 Å². The topological polar surface area (TPSA) is 66.4 Å². The van der Waals surface area contributed by atoms with Crippen LogP contribution in [0, 0.1) is 0 Å². The number of rotatable bonds is 4. The molecule has 0 saturated heterocycles. The van der Waals surface area contributed by atoms with Crippen LogP contribution in [-0.2, 0) is 0 Å². The first kappa shape index (κ1) is 18.0. The molecular formula is C20H24N4O2. The highest BCUT2D eigenvalue weighted by Crippen LogP contribution is 2.27. The van der Waals surface area contributed by atoms with Gasteiger partial charge in [0.05, 0.1) is 12.1 Å². The monoisotopic (exact) mass is 352 g/mol. The van der Waals surface area contributed by atoms with Crippen molar-refractivity contribution in [3.63, 3.8) is 0 Å². The highest BCUT2D eigenvalue weighted by Gasteiger charge is 2.36. The molecule has 2 aromatic rings. The van der Waals surface area contributed by atoms with E-state index in [4.69, 9.17) is 0 Å². The average molecular weight is 352 g/mol. The molecule has 3 rings (SSSR count). The smallest absolute Gasteiger partial charge is 0.272 e. The molecule has 136 valence electrons. The van der Waals surface area contributed by atoms with Crippen molar-refractivity contribution in [2.45, 2.75) is 37.8 Å². The Labute approximate surface area is 153 Å². The lowest BCUT2D eigenvalue weighted by molar-refractivity contribution is 0.0415. The fourth-order valence-electron chi connectivity index (χ4n) is 3.64.